The second kappa shape index (κ2) is 8.57. The van der Waals surface area contributed by atoms with Crippen molar-refractivity contribution in [2.45, 2.75) is 19.5 Å². The van der Waals surface area contributed by atoms with Crippen LogP contribution >= 0.6 is 11.6 Å². The summed E-state index contributed by atoms with van der Waals surface area (Å²) in [5.74, 6) is -0.211. The van der Waals surface area contributed by atoms with Gasteiger partial charge in [-0.25, -0.2) is 4.98 Å². The number of amides is 1. The molecule has 0 saturated heterocycles. The summed E-state index contributed by atoms with van der Waals surface area (Å²) in [6.45, 7) is 2.64. The van der Waals surface area contributed by atoms with E-state index >= 15 is 0 Å². The number of carbonyl (C=O) groups excluding carboxylic acids is 1. The van der Waals surface area contributed by atoms with Crippen molar-refractivity contribution >= 4 is 23.2 Å². The highest BCUT2D eigenvalue weighted by molar-refractivity contribution is 6.32. The smallest absolute Gasteiger partial charge is 0.241 e. The fourth-order valence-corrected chi connectivity index (χ4v) is 2.31. The maximum atomic E-state index is 12.4. The minimum atomic E-state index is -0.446. The van der Waals surface area contributed by atoms with Crippen molar-refractivity contribution in [3.8, 4) is 0 Å². The molecule has 0 aromatic carbocycles. The zero-order valence-electron chi connectivity index (χ0n) is 12.8. The van der Waals surface area contributed by atoms with Crippen LogP contribution in [0.2, 0.25) is 5.15 Å². The zero-order chi connectivity index (χ0) is 16.7. The highest BCUT2D eigenvalue weighted by Gasteiger charge is 2.22. The number of halogens is 1. The molecular formula is C16H19ClN4O2. The van der Waals surface area contributed by atoms with Gasteiger partial charge in [0.25, 0.3) is 0 Å². The van der Waals surface area contributed by atoms with E-state index in [2.05, 4.69) is 15.3 Å². The van der Waals surface area contributed by atoms with Crippen LogP contribution in [0.25, 0.3) is 0 Å². The van der Waals surface area contributed by atoms with Crippen LogP contribution in [0.15, 0.2) is 42.9 Å². The lowest BCUT2D eigenvalue weighted by Crippen LogP contribution is -2.43. The molecule has 0 aliphatic carbocycles. The summed E-state index contributed by atoms with van der Waals surface area (Å²) in [4.78, 5) is 22.3. The first kappa shape index (κ1) is 17.3. The maximum absolute atomic E-state index is 12.4. The highest BCUT2D eigenvalue weighted by Crippen LogP contribution is 2.18. The first-order valence-corrected chi connectivity index (χ1v) is 7.65. The molecule has 2 rings (SSSR count). The quantitative estimate of drug-likeness (QED) is 0.757. The molecule has 1 amide bonds. The van der Waals surface area contributed by atoms with E-state index in [1.807, 2.05) is 17.0 Å². The number of nitrogens with one attached hydrogen (secondary N) is 1. The van der Waals surface area contributed by atoms with Gasteiger partial charge in [0.15, 0.2) is 5.15 Å². The first-order chi connectivity index (χ1) is 11.1. The molecular weight excluding hydrogens is 316 g/mol. The van der Waals surface area contributed by atoms with E-state index in [1.54, 1.807) is 37.6 Å². The van der Waals surface area contributed by atoms with Gasteiger partial charge in [0.1, 0.15) is 0 Å². The molecule has 2 heterocycles. The van der Waals surface area contributed by atoms with Crippen LogP contribution in [0.5, 0.6) is 0 Å². The predicted octanol–water partition coefficient (Wildman–Crippen LogP) is 1.95. The summed E-state index contributed by atoms with van der Waals surface area (Å²) >= 11 is 5.96. The second-order valence-electron chi connectivity index (χ2n) is 5.06. The van der Waals surface area contributed by atoms with Crippen molar-refractivity contribution in [1.29, 1.82) is 0 Å². The van der Waals surface area contributed by atoms with Crippen LogP contribution in [-0.4, -0.2) is 45.1 Å². The fraction of sp³-hybridized carbons (Fsp3) is 0.312. The predicted molar refractivity (Wildman–Crippen MR) is 89.1 cm³/mol. The van der Waals surface area contributed by atoms with E-state index in [4.69, 9.17) is 11.6 Å². The van der Waals surface area contributed by atoms with E-state index in [-0.39, 0.29) is 17.7 Å². The van der Waals surface area contributed by atoms with Gasteiger partial charge in [-0.3, -0.25) is 14.7 Å². The normalized spacial score (nSPS) is 12.2. The number of aromatic nitrogens is 2. The van der Waals surface area contributed by atoms with E-state index in [0.717, 1.165) is 5.56 Å². The summed E-state index contributed by atoms with van der Waals surface area (Å²) in [6, 6.07) is 6.72. The van der Waals surface area contributed by atoms with Crippen LogP contribution in [0.4, 0.5) is 5.69 Å². The van der Waals surface area contributed by atoms with Gasteiger partial charge in [0.2, 0.25) is 5.91 Å². The Morgan fingerprint density at radius 2 is 2.17 bits per heavy atom. The number of carbonyl (C=O) groups is 1. The second-order valence-corrected chi connectivity index (χ2v) is 5.42. The molecule has 0 spiro atoms. The third-order valence-electron chi connectivity index (χ3n) is 3.44. The van der Waals surface area contributed by atoms with Crippen LogP contribution < -0.4 is 5.32 Å². The number of aliphatic hydroxyl groups excluding tert-OH is 1. The number of hydrogen-bond acceptors (Lipinski definition) is 5. The Balaban J connectivity index is 2.06. The van der Waals surface area contributed by atoms with Crippen LogP contribution in [0.1, 0.15) is 12.5 Å². The first-order valence-electron chi connectivity index (χ1n) is 7.27. The minimum Gasteiger partial charge on any atom is -0.395 e. The van der Waals surface area contributed by atoms with Gasteiger partial charge >= 0.3 is 0 Å². The number of pyridine rings is 2. The van der Waals surface area contributed by atoms with Crippen LogP contribution in [0, 0.1) is 0 Å². The van der Waals surface area contributed by atoms with Crippen molar-refractivity contribution < 1.29 is 9.90 Å². The molecule has 7 heteroatoms. The van der Waals surface area contributed by atoms with Gasteiger partial charge in [0, 0.05) is 31.7 Å². The molecule has 23 heavy (non-hydrogen) atoms. The lowest BCUT2D eigenvalue weighted by molar-refractivity contribution is -0.121. The number of rotatable bonds is 7. The number of anilines is 1. The van der Waals surface area contributed by atoms with Gasteiger partial charge in [0.05, 0.1) is 18.3 Å². The molecule has 1 atom stereocenters. The summed E-state index contributed by atoms with van der Waals surface area (Å²) in [7, 11) is 0. The average Bonchev–Trinajstić information content (AvgIpc) is 2.57. The van der Waals surface area contributed by atoms with E-state index in [9.17, 15) is 9.90 Å². The van der Waals surface area contributed by atoms with Gasteiger partial charge in [-0.15, -0.1) is 0 Å². The maximum Gasteiger partial charge on any atom is 0.241 e. The van der Waals surface area contributed by atoms with Crippen molar-refractivity contribution in [1.82, 2.24) is 14.9 Å². The molecule has 1 unspecified atom stereocenters. The molecule has 6 nitrogen and oxygen atoms in total. The monoisotopic (exact) mass is 334 g/mol. The molecule has 0 radical (unpaired) electrons. The zero-order valence-corrected chi connectivity index (χ0v) is 13.6. The van der Waals surface area contributed by atoms with Crippen molar-refractivity contribution in [3.63, 3.8) is 0 Å². The Hall–Kier alpha value is -2.02. The van der Waals surface area contributed by atoms with Crippen molar-refractivity contribution in [2.24, 2.45) is 0 Å². The van der Waals surface area contributed by atoms with Crippen LogP contribution in [0.3, 0.4) is 0 Å². The Bertz CT molecular complexity index is 639. The molecule has 0 saturated carbocycles. The Labute approximate surface area is 140 Å². The third kappa shape index (κ3) is 4.99. The molecule has 0 bridgehead atoms. The summed E-state index contributed by atoms with van der Waals surface area (Å²) in [6.07, 6.45) is 5.00. The number of aliphatic hydroxyl groups is 1. The van der Waals surface area contributed by atoms with Crippen molar-refractivity contribution in [2.75, 3.05) is 18.5 Å². The van der Waals surface area contributed by atoms with Crippen LogP contribution in [-0.2, 0) is 11.3 Å². The Morgan fingerprint density at radius 3 is 2.83 bits per heavy atom. The summed E-state index contributed by atoms with van der Waals surface area (Å²) in [5, 5.41) is 12.3. The molecule has 2 aromatic heterocycles. The summed E-state index contributed by atoms with van der Waals surface area (Å²) < 4.78 is 0. The van der Waals surface area contributed by atoms with E-state index in [1.165, 1.54) is 0 Å². The molecule has 2 N–H and O–H groups in total. The van der Waals surface area contributed by atoms with Gasteiger partial charge in [-0.1, -0.05) is 17.7 Å². The average molecular weight is 335 g/mol. The fourth-order valence-electron chi connectivity index (χ4n) is 2.15. The third-order valence-corrected chi connectivity index (χ3v) is 3.74. The molecule has 0 fully saturated rings. The SMILES string of the molecule is CC(C(=O)Nc1cccnc1Cl)N(CCO)Cc1cccnc1. The molecule has 0 aliphatic heterocycles. The van der Waals surface area contributed by atoms with Gasteiger partial charge < -0.3 is 10.4 Å². The Morgan fingerprint density at radius 1 is 1.39 bits per heavy atom. The summed E-state index contributed by atoms with van der Waals surface area (Å²) in [5.41, 5.74) is 1.44. The lowest BCUT2D eigenvalue weighted by atomic mass is 10.2. The minimum absolute atomic E-state index is 0.0362. The van der Waals surface area contributed by atoms with E-state index in [0.29, 0.717) is 18.8 Å². The standard InChI is InChI=1S/C16H19ClN4O2/c1-12(16(23)20-14-5-3-7-19-15(14)17)21(8-9-22)11-13-4-2-6-18-10-13/h2-7,10,12,22H,8-9,11H2,1H3,(H,20,23). The van der Waals surface area contributed by atoms with Gasteiger partial charge in [-0.2, -0.15) is 0 Å². The molecule has 122 valence electrons. The Kier molecular flexibility index (Phi) is 6.46. The molecule has 0 aliphatic rings. The van der Waals surface area contributed by atoms with Gasteiger partial charge in [-0.05, 0) is 30.7 Å². The topological polar surface area (TPSA) is 78.4 Å². The van der Waals surface area contributed by atoms with E-state index < -0.39 is 6.04 Å². The number of hydrogen-bond donors (Lipinski definition) is 2. The largest absolute Gasteiger partial charge is 0.395 e. The number of nitrogens with zero attached hydrogens (tertiary/aromatic N) is 3. The molecule has 2 aromatic rings. The highest BCUT2D eigenvalue weighted by atomic mass is 35.5. The lowest BCUT2D eigenvalue weighted by Gasteiger charge is -2.27. The van der Waals surface area contributed by atoms with Crippen molar-refractivity contribution in [3.05, 3.63) is 53.6 Å².